The Morgan fingerprint density at radius 2 is 1.20 bits per heavy atom. The molecule has 2 N–H and O–H groups in total. The van der Waals surface area contributed by atoms with Crippen molar-refractivity contribution in [2.75, 3.05) is 121 Å². The number of rotatable bonds is 9. The van der Waals surface area contributed by atoms with Crippen LogP contribution < -0.4 is 15.5 Å². The quantitative estimate of drug-likeness (QED) is 0.498. The zero-order chi connectivity index (χ0) is 23.9. The van der Waals surface area contributed by atoms with Crippen molar-refractivity contribution in [1.29, 1.82) is 0 Å². The molecule has 192 valence electrons. The fourth-order valence-corrected chi connectivity index (χ4v) is 4.53. The van der Waals surface area contributed by atoms with E-state index >= 15 is 0 Å². The monoisotopic (exact) mass is 487 g/mol. The van der Waals surface area contributed by atoms with Crippen molar-refractivity contribution in [2.45, 2.75) is 6.92 Å². The Morgan fingerprint density at radius 1 is 0.657 bits per heavy atom. The lowest BCUT2D eigenvalue weighted by Gasteiger charge is -2.28. The number of nitrogens with zero attached hydrogens (tertiary/aromatic N) is 7. The number of aromatic nitrogens is 4. The van der Waals surface area contributed by atoms with Crippen LogP contribution >= 0.6 is 0 Å². The summed E-state index contributed by atoms with van der Waals surface area (Å²) in [6.45, 7) is 15.4. The van der Waals surface area contributed by atoms with Crippen molar-refractivity contribution in [3.63, 3.8) is 0 Å². The summed E-state index contributed by atoms with van der Waals surface area (Å²) in [5.74, 6) is 2.18. The van der Waals surface area contributed by atoms with Gasteiger partial charge in [0.25, 0.3) is 0 Å². The van der Waals surface area contributed by atoms with Crippen LogP contribution in [-0.4, -0.2) is 135 Å². The molecule has 12 nitrogen and oxygen atoms in total. The van der Waals surface area contributed by atoms with Crippen molar-refractivity contribution in [3.8, 4) is 0 Å². The van der Waals surface area contributed by atoms with Crippen LogP contribution in [0.2, 0.25) is 0 Å². The van der Waals surface area contributed by atoms with Gasteiger partial charge in [-0.25, -0.2) is 9.97 Å². The maximum absolute atomic E-state index is 5.52. The van der Waals surface area contributed by atoms with Crippen molar-refractivity contribution < 1.29 is 14.2 Å². The van der Waals surface area contributed by atoms with E-state index in [-0.39, 0.29) is 0 Å². The lowest BCUT2D eigenvalue weighted by atomic mass is 10.3. The number of ether oxygens (including phenoxy) is 3. The van der Waals surface area contributed by atoms with E-state index in [2.05, 4.69) is 25.3 Å². The van der Waals surface area contributed by atoms with Gasteiger partial charge < -0.3 is 29.7 Å². The molecule has 0 unspecified atom stereocenters. The van der Waals surface area contributed by atoms with Gasteiger partial charge in [0.15, 0.2) is 17.0 Å². The highest BCUT2D eigenvalue weighted by Gasteiger charge is 2.20. The van der Waals surface area contributed by atoms with E-state index in [9.17, 15) is 0 Å². The Morgan fingerprint density at radius 3 is 1.80 bits per heavy atom. The first-order valence-corrected chi connectivity index (χ1v) is 12.7. The topological polar surface area (TPSA) is 113 Å². The number of morpholine rings is 3. The van der Waals surface area contributed by atoms with Crippen LogP contribution in [0.15, 0.2) is 0 Å². The molecule has 0 saturated carbocycles. The molecule has 0 spiro atoms. The van der Waals surface area contributed by atoms with Crippen LogP contribution in [0, 0.1) is 6.92 Å². The van der Waals surface area contributed by atoms with Crippen molar-refractivity contribution >= 4 is 28.7 Å². The molecular formula is C23H37N9O3. The number of anilines is 3. The molecule has 3 aliphatic heterocycles. The Kier molecular flexibility index (Phi) is 8.37. The molecule has 3 saturated heterocycles. The summed E-state index contributed by atoms with van der Waals surface area (Å²) in [5.41, 5.74) is 2.16. The first-order chi connectivity index (χ1) is 17.3. The summed E-state index contributed by atoms with van der Waals surface area (Å²) in [4.78, 5) is 26.4. The lowest BCUT2D eigenvalue weighted by Crippen LogP contribution is -2.39. The average Bonchev–Trinajstić information content (AvgIpc) is 2.91. The van der Waals surface area contributed by atoms with Crippen LogP contribution in [0.3, 0.4) is 0 Å². The second-order valence-corrected chi connectivity index (χ2v) is 9.06. The van der Waals surface area contributed by atoms with Crippen LogP contribution in [0.4, 0.5) is 17.6 Å². The Hall–Kier alpha value is -2.38. The third-order valence-electron chi connectivity index (χ3n) is 6.64. The van der Waals surface area contributed by atoms with Gasteiger partial charge in [0.1, 0.15) is 5.82 Å². The fourth-order valence-electron chi connectivity index (χ4n) is 4.53. The van der Waals surface area contributed by atoms with E-state index in [0.717, 1.165) is 109 Å². The minimum Gasteiger partial charge on any atom is -0.379 e. The summed E-state index contributed by atoms with van der Waals surface area (Å²) < 4.78 is 16.4. The molecule has 5 heterocycles. The Bertz CT molecular complexity index is 961. The third-order valence-corrected chi connectivity index (χ3v) is 6.64. The maximum atomic E-state index is 5.52. The molecule has 0 aromatic carbocycles. The summed E-state index contributed by atoms with van der Waals surface area (Å²) in [7, 11) is 0. The largest absolute Gasteiger partial charge is 0.379 e. The molecule has 2 aromatic heterocycles. The van der Waals surface area contributed by atoms with Crippen LogP contribution in [0.5, 0.6) is 0 Å². The maximum Gasteiger partial charge on any atom is 0.229 e. The molecule has 0 aliphatic carbocycles. The predicted molar refractivity (Wildman–Crippen MR) is 134 cm³/mol. The minimum atomic E-state index is 0.606. The molecule has 0 atom stereocenters. The predicted octanol–water partition coefficient (Wildman–Crippen LogP) is 0.0530. The highest BCUT2D eigenvalue weighted by Crippen LogP contribution is 2.24. The Labute approximate surface area is 206 Å². The molecule has 0 amide bonds. The van der Waals surface area contributed by atoms with Crippen LogP contribution in [0.1, 0.15) is 5.69 Å². The zero-order valence-electron chi connectivity index (χ0n) is 20.7. The molecule has 2 aromatic rings. The van der Waals surface area contributed by atoms with E-state index in [0.29, 0.717) is 30.3 Å². The normalized spacial score (nSPS) is 20.3. The van der Waals surface area contributed by atoms with Gasteiger partial charge in [-0.15, -0.1) is 0 Å². The summed E-state index contributed by atoms with van der Waals surface area (Å²) >= 11 is 0. The molecule has 35 heavy (non-hydrogen) atoms. The van der Waals surface area contributed by atoms with E-state index in [4.69, 9.17) is 34.1 Å². The number of hydrogen-bond donors (Lipinski definition) is 2. The standard InChI is InChI=1S/C23H37N9O3/c1-18-20(24-2-4-30-6-12-33-13-7-30)27-22-19(26-18)21(25-3-5-31-8-14-34-15-9-31)28-23(29-22)32-10-16-35-17-11-32/h2-17H2,1H3,(H2,24,25,27,28,29). The van der Waals surface area contributed by atoms with Crippen molar-refractivity contribution in [1.82, 2.24) is 29.7 Å². The summed E-state index contributed by atoms with van der Waals surface area (Å²) in [6, 6.07) is 0. The fraction of sp³-hybridized carbons (Fsp3) is 0.739. The van der Waals surface area contributed by atoms with E-state index < -0.39 is 0 Å². The second kappa shape index (κ2) is 12.0. The van der Waals surface area contributed by atoms with Gasteiger partial charge in [-0.05, 0) is 6.92 Å². The first-order valence-electron chi connectivity index (χ1n) is 12.7. The molecule has 0 bridgehead atoms. The summed E-state index contributed by atoms with van der Waals surface area (Å²) in [5, 5.41) is 6.98. The van der Waals surface area contributed by atoms with Gasteiger partial charge in [0.2, 0.25) is 5.95 Å². The molecule has 5 rings (SSSR count). The zero-order valence-corrected chi connectivity index (χ0v) is 20.7. The van der Waals surface area contributed by atoms with Gasteiger partial charge in [0, 0.05) is 65.4 Å². The number of nitrogens with one attached hydrogen (secondary N) is 2. The third kappa shape index (κ3) is 6.44. The first kappa shape index (κ1) is 24.3. The second-order valence-electron chi connectivity index (χ2n) is 9.06. The SMILES string of the molecule is Cc1nc2c(NCCN3CCOCC3)nc(N3CCOCC3)nc2nc1NCCN1CCOCC1. The molecule has 3 aliphatic rings. The van der Waals surface area contributed by atoms with E-state index in [1.807, 2.05) is 6.92 Å². The number of fused-ring (bicyclic) bond motifs is 1. The van der Waals surface area contributed by atoms with Crippen molar-refractivity contribution in [3.05, 3.63) is 5.69 Å². The minimum absolute atomic E-state index is 0.606. The molecule has 3 fully saturated rings. The van der Waals surface area contributed by atoms with Gasteiger partial charge in [-0.3, -0.25) is 9.80 Å². The van der Waals surface area contributed by atoms with Crippen molar-refractivity contribution in [2.24, 2.45) is 0 Å². The Balaban J connectivity index is 1.33. The van der Waals surface area contributed by atoms with Crippen LogP contribution in [-0.2, 0) is 14.2 Å². The van der Waals surface area contributed by atoms with Gasteiger partial charge >= 0.3 is 0 Å². The van der Waals surface area contributed by atoms with Gasteiger partial charge in [-0.1, -0.05) is 0 Å². The molecule has 0 radical (unpaired) electrons. The highest BCUT2D eigenvalue weighted by molar-refractivity contribution is 5.85. The molecule has 12 heteroatoms. The lowest BCUT2D eigenvalue weighted by molar-refractivity contribution is 0.0398. The smallest absolute Gasteiger partial charge is 0.229 e. The van der Waals surface area contributed by atoms with E-state index in [1.165, 1.54) is 0 Å². The number of hydrogen-bond acceptors (Lipinski definition) is 12. The van der Waals surface area contributed by atoms with Gasteiger partial charge in [0.05, 0.1) is 45.3 Å². The highest BCUT2D eigenvalue weighted by atomic mass is 16.5. The van der Waals surface area contributed by atoms with E-state index in [1.54, 1.807) is 0 Å². The summed E-state index contributed by atoms with van der Waals surface area (Å²) in [6.07, 6.45) is 0. The average molecular weight is 488 g/mol. The van der Waals surface area contributed by atoms with Gasteiger partial charge in [-0.2, -0.15) is 9.97 Å². The number of aryl methyl sites for hydroxylation is 1. The van der Waals surface area contributed by atoms with Crippen LogP contribution in [0.25, 0.3) is 11.2 Å². The molecular weight excluding hydrogens is 450 g/mol.